The molecular formula is C14H8N2O. The van der Waals surface area contributed by atoms with Crippen molar-refractivity contribution >= 4 is 32.6 Å². The molecule has 0 aliphatic rings. The molecule has 0 atom stereocenters. The molecule has 0 bridgehead atoms. The van der Waals surface area contributed by atoms with E-state index in [0.717, 1.165) is 31.8 Å². The van der Waals surface area contributed by atoms with Crippen LogP contribution in [-0.4, -0.2) is 4.98 Å². The van der Waals surface area contributed by atoms with Crippen LogP contribution in [0.15, 0.2) is 48.8 Å². The van der Waals surface area contributed by atoms with E-state index in [2.05, 4.69) is 17.1 Å². The molecule has 0 N–H and O–H groups in total. The van der Waals surface area contributed by atoms with Crippen molar-refractivity contribution in [1.29, 1.82) is 0 Å². The van der Waals surface area contributed by atoms with Gasteiger partial charge in [-0.1, -0.05) is 24.3 Å². The average Bonchev–Trinajstić information content (AvgIpc) is 2.38. The molecule has 0 aliphatic heterocycles. The predicted molar refractivity (Wildman–Crippen MR) is 66.9 cm³/mol. The highest BCUT2D eigenvalue weighted by Crippen LogP contribution is 2.31. The number of rotatable bonds is 0. The monoisotopic (exact) mass is 220 g/mol. The van der Waals surface area contributed by atoms with Gasteiger partial charge in [0.15, 0.2) is 5.52 Å². The van der Waals surface area contributed by atoms with Crippen molar-refractivity contribution in [1.82, 2.24) is 4.98 Å². The van der Waals surface area contributed by atoms with E-state index in [1.54, 1.807) is 0 Å². The second kappa shape index (κ2) is 2.83. The molecule has 0 saturated heterocycles. The molecule has 1 heterocycles. The standard InChI is InChI=1S/C14H8N2O/c17-16-8-15-11-6-4-9-2-1-3-10-5-7-12(16)14(11)13(9)10/h1-8H. The summed E-state index contributed by atoms with van der Waals surface area (Å²) in [6, 6.07) is 14.0. The van der Waals surface area contributed by atoms with Crippen LogP contribution in [0, 0.1) is 5.21 Å². The molecule has 4 rings (SSSR count). The van der Waals surface area contributed by atoms with Crippen molar-refractivity contribution in [3.8, 4) is 0 Å². The van der Waals surface area contributed by atoms with Crippen LogP contribution >= 0.6 is 0 Å². The second-order valence-electron chi connectivity index (χ2n) is 4.19. The van der Waals surface area contributed by atoms with Crippen molar-refractivity contribution in [2.24, 2.45) is 0 Å². The van der Waals surface area contributed by atoms with Gasteiger partial charge in [0.05, 0.1) is 5.39 Å². The maximum absolute atomic E-state index is 11.7. The van der Waals surface area contributed by atoms with Crippen LogP contribution in [0.3, 0.4) is 0 Å². The summed E-state index contributed by atoms with van der Waals surface area (Å²) >= 11 is 0. The van der Waals surface area contributed by atoms with E-state index in [9.17, 15) is 5.21 Å². The summed E-state index contributed by atoms with van der Waals surface area (Å²) in [6.45, 7) is 0. The van der Waals surface area contributed by atoms with Crippen LogP contribution < -0.4 is 4.73 Å². The summed E-state index contributed by atoms with van der Waals surface area (Å²) in [7, 11) is 0. The number of nitrogens with zero attached hydrogens (tertiary/aromatic N) is 2. The molecule has 0 spiro atoms. The molecule has 0 saturated carbocycles. The zero-order chi connectivity index (χ0) is 11.4. The lowest BCUT2D eigenvalue weighted by molar-refractivity contribution is -0.580. The summed E-state index contributed by atoms with van der Waals surface area (Å²) < 4.78 is 0.828. The fraction of sp³-hybridized carbons (Fsp3) is 0. The quantitative estimate of drug-likeness (QED) is 0.259. The highest BCUT2D eigenvalue weighted by molar-refractivity contribution is 6.20. The lowest BCUT2D eigenvalue weighted by Crippen LogP contribution is -2.27. The Labute approximate surface area is 96.9 Å². The van der Waals surface area contributed by atoms with Gasteiger partial charge in [-0.25, -0.2) is 4.73 Å². The maximum atomic E-state index is 11.7. The minimum atomic E-state index is 0.680. The molecule has 3 heteroatoms. The predicted octanol–water partition coefficient (Wildman–Crippen LogP) is 2.61. The molecule has 0 unspecified atom stereocenters. The fourth-order valence-electron chi connectivity index (χ4n) is 2.51. The minimum Gasteiger partial charge on any atom is -0.710 e. The minimum absolute atomic E-state index is 0.680. The van der Waals surface area contributed by atoms with Crippen LogP contribution in [0.1, 0.15) is 0 Å². The van der Waals surface area contributed by atoms with Gasteiger partial charge < -0.3 is 5.21 Å². The van der Waals surface area contributed by atoms with E-state index in [1.165, 1.54) is 6.33 Å². The number of benzene rings is 3. The Kier molecular flexibility index (Phi) is 1.45. The largest absolute Gasteiger partial charge is 0.710 e. The van der Waals surface area contributed by atoms with Crippen LogP contribution in [0.5, 0.6) is 0 Å². The molecule has 0 fully saturated rings. The SMILES string of the molecule is [O-][n+]1cnc2ccc3cccc4ccc1c2c34. The van der Waals surface area contributed by atoms with Gasteiger partial charge in [0.2, 0.25) is 0 Å². The van der Waals surface area contributed by atoms with Crippen molar-refractivity contribution in [3.63, 3.8) is 0 Å². The van der Waals surface area contributed by atoms with Gasteiger partial charge in [-0.3, -0.25) is 0 Å². The second-order valence-corrected chi connectivity index (χ2v) is 4.19. The van der Waals surface area contributed by atoms with Crippen LogP contribution in [0.4, 0.5) is 0 Å². The number of hydrogen-bond donors (Lipinski definition) is 0. The Hall–Kier alpha value is -2.42. The Bertz CT molecular complexity index is 839. The third-order valence-electron chi connectivity index (χ3n) is 3.27. The van der Waals surface area contributed by atoms with E-state index in [4.69, 9.17) is 0 Å². The van der Waals surface area contributed by atoms with Gasteiger partial charge in [0.25, 0.3) is 6.33 Å². The van der Waals surface area contributed by atoms with Crippen molar-refractivity contribution < 1.29 is 4.73 Å². The van der Waals surface area contributed by atoms with Gasteiger partial charge in [-0.2, -0.15) is 0 Å². The summed E-state index contributed by atoms with van der Waals surface area (Å²) in [5, 5.41) is 16.1. The summed E-state index contributed by atoms with van der Waals surface area (Å²) in [5.74, 6) is 0. The smallest absolute Gasteiger partial charge is 0.290 e. The zero-order valence-electron chi connectivity index (χ0n) is 8.92. The van der Waals surface area contributed by atoms with Gasteiger partial charge in [0.1, 0.15) is 5.52 Å². The molecule has 3 nitrogen and oxygen atoms in total. The first-order valence-electron chi connectivity index (χ1n) is 5.46. The lowest BCUT2D eigenvalue weighted by Gasteiger charge is -2.10. The van der Waals surface area contributed by atoms with Crippen molar-refractivity contribution in [2.75, 3.05) is 0 Å². The fourth-order valence-corrected chi connectivity index (χ4v) is 2.51. The number of aromatic nitrogens is 2. The van der Waals surface area contributed by atoms with E-state index in [1.807, 2.05) is 30.3 Å². The van der Waals surface area contributed by atoms with E-state index in [0.29, 0.717) is 5.52 Å². The van der Waals surface area contributed by atoms with Crippen LogP contribution in [-0.2, 0) is 0 Å². The zero-order valence-corrected chi connectivity index (χ0v) is 8.92. The molecular weight excluding hydrogens is 212 g/mol. The van der Waals surface area contributed by atoms with Crippen LogP contribution in [0.25, 0.3) is 32.6 Å². The molecule has 4 aromatic rings. The van der Waals surface area contributed by atoms with Crippen LogP contribution in [0.2, 0.25) is 0 Å². The topological polar surface area (TPSA) is 39.8 Å². The summed E-state index contributed by atoms with van der Waals surface area (Å²) in [5.41, 5.74) is 1.55. The van der Waals surface area contributed by atoms with E-state index < -0.39 is 0 Å². The van der Waals surface area contributed by atoms with Gasteiger partial charge >= 0.3 is 0 Å². The molecule has 17 heavy (non-hydrogen) atoms. The van der Waals surface area contributed by atoms with Gasteiger partial charge in [-0.15, -0.1) is 0 Å². The third kappa shape index (κ3) is 1.00. The highest BCUT2D eigenvalue weighted by atomic mass is 16.5. The van der Waals surface area contributed by atoms with Gasteiger partial charge in [0, 0.05) is 5.39 Å². The Balaban J connectivity index is 2.48. The molecule has 3 aromatic carbocycles. The van der Waals surface area contributed by atoms with Crippen molar-refractivity contribution in [2.45, 2.75) is 0 Å². The molecule has 80 valence electrons. The molecule has 0 aliphatic carbocycles. The first kappa shape index (κ1) is 8.70. The Morgan fingerprint density at radius 2 is 1.65 bits per heavy atom. The summed E-state index contributed by atoms with van der Waals surface area (Å²) in [4.78, 5) is 4.18. The van der Waals surface area contributed by atoms with E-state index >= 15 is 0 Å². The highest BCUT2D eigenvalue weighted by Gasteiger charge is 2.13. The van der Waals surface area contributed by atoms with Gasteiger partial charge in [-0.05, 0) is 34.0 Å². The third-order valence-corrected chi connectivity index (χ3v) is 3.27. The summed E-state index contributed by atoms with van der Waals surface area (Å²) in [6.07, 6.45) is 1.32. The Morgan fingerprint density at radius 3 is 2.47 bits per heavy atom. The Morgan fingerprint density at radius 1 is 0.882 bits per heavy atom. The molecule has 0 radical (unpaired) electrons. The maximum Gasteiger partial charge on any atom is 0.290 e. The first-order chi connectivity index (χ1) is 8.34. The normalized spacial score (nSPS) is 11.8. The molecule has 0 amide bonds. The number of hydrogen-bond acceptors (Lipinski definition) is 2. The first-order valence-corrected chi connectivity index (χ1v) is 5.46. The average molecular weight is 220 g/mol. The van der Waals surface area contributed by atoms with E-state index in [-0.39, 0.29) is 0 Å². The lowest BCUT2D eigenvalue weighted by atomic mass is 9.99. The van der Waals surface area contributed by atoms with Crippen molar-refractivity contribution in [3.05, 3.63) is 54.0 Å². The molecule has 1 aromatic heterocycles.